The van der Waals surface area contributed by atoms with Crippen LogP contribution in [0.25, 0.3) is 11.3 Å². The van der Waals surface area contributed by atoms with E-state index in [0.717, 1.165) is 36.9 Å². The van der Waals surface area contributed by atoms with Crippen molar-refractivity contribution in [3.63, 3.8) is 0 Å². The molecule has 4 aromatic rings. The second-order valence-electron chi connectivity index (χ2n) is 9.26. The summed E-state index contributed by atoms with van der Waals surface area (Å²) in [6.45, 7) is 0.267. The first-order valence-electron chi connectivity index (χ1n) is 12.4. The molecule has 0 bridgehead atoms. The molecule has 0 atom stereocenters. The standard InChI is InChI=1S/C29H26Cl2N4O3/c30-23-11-5-3-9-19(23)17-32-29(38)35-26(18-7-1-2-8-18)16-25(34-35)22-14-13-20(15-27(22)36)33-28(37)21-10-4-6-12-24(21)31/h3-6,9-16,18,36H,1-2,7-8,17H2,(H,32,38)(H,33,37). The van der Waals surface area contributed by atoms with Crippen molar-refractivity contribution in [2.75, 3.05) is 5.32 Å². The summed E-state index contributed by atoms with van der Waals surface area (Å²) in [6.07, 6.45) is 4.14. The molecule has 0 spiro atoms. The largest absolute Gasteiger partial charge is 0.507 e. The fraction of sp³-hybridized carbons (Fsp3) is 0.207. The number of hydrogen-bond acceptors (Lipinski definition) is 4. The Morgan fingerprint density at radius 3 is 2.37 bits per heavy atom. The Morgan fingerprint density at radius 1 is 0.947 bits per heavy atom. The third kappa shape index (κ3) is 5.54. The molecule has 194 valence electrons. The number of hydrogen-bond donors (Lipinski definition) is 3. The predicted octanol–water partition coefficient (Wildman–Crippen LogP) is 7.23. The molecule has 0 saturated heterocycles. The van der Waals surface area contributed by atoms with Crippen LogP contribution in [0.2, 0.25) is 10.0 Å². The number of carbonyl (C=O) groups excluding carboxylic acids is 2. The van der Waals surface area contributed by atoms with Gasteiger partial charge in [-0.2, -0.15) is 9.78 Å². The van der Waals surface area contributed by atoms with E-state index in [1.54, 1.807) is 42.5 Å². The van der Waals surface area contributed by atoms with E-state index in [9.17, 15) is 14.7 Å². The lowest BCUT2D eigenvalue weighted by molar-refractivity contribution is 0.102. The van der Waals surface area contributed by atoms with Gasteiger partial charge in [-0.1, -0.05) is 66.4 Å². The van der Waals surface area contributed by atoms with Crippen molar-refractivity contribution >= 4 is 40.8 Å². The highest BCUT2D eigenvalue weighted by Crippen LogP contribution is 2.38. The fourth-order valence-electron chi connectivity index (χ4n) is 4.76. The first-order chi connectivity index (χ1) is 18.4. The van der Waals surface area contributed by atoms with Gasteiger partial charge in [0.25, 0.3) is 5.91 Å². The topological polar surface area (TPSA) is 96.3 Å². The predicted molar refractivity (Wildman–Crippen MR) is 149 cm³/mol. The van der Waals surface area contributed by atoms with Crippen LogP contribution in [0, 0.1) is 0 Å². The number of amides is 2. The second kappa shape index (κ2) is 11.3. The molecule has 38 heavy (non-hydrogen) atoms. The Hall–Kier alpha value is -3.81. The van der Waals surface area contributed by atoms with Gasteiger partial charge >= 0.3 is 6.03 Å². The van der Waals surface area contributed by atoms with E-state index < -0.39 is 0 Å². The van der Waals surface area contributed by atoms with Crippen LogP contribution in [0.4, 0.5) is 10.5 Å². The van der Waals surface area contributed by atoms with Gasteiger partial charge in [0.1, 0.15) is 5.75 Å². The van der Waals surface area contributed by atoms with Crippen molar-refractivity contribution in [3.8, 4) is 17.0 Å². The zero-order valence-corrected chi connectivity index (χ0v) is 22.0. The number of anilines is 1. The van der Waals surface area contributed by atoms with Gasteiger partial charge in [0.05, 0.1) is 22.0 Å². The average Bonchev–Trinajstić information content (AvgIpc) is 3.59. The van der Waals surface area contributed by atoms with Gasteiger partial charge in [-0.05, 0) is 54.8 Å². The van der Waals surface area contributed by atoms with E-state index in [-0.39, 0.29) is 30.2 Å². The minimum Gasteiger partial charge on any atom is -0.507 e. The minimum absolute atomic E-state index is 0.0685. The number of halogens is 2. The zero-order chi connectivity index (χ0) is 26.6. The van der Waals surface area contributed by atoms with Crippen LogP contribution in [0.3, 0.4) is 0 Å². The van der Waals surface area contributed by atoms with Crippen LogP contribution in [0.1, 0.15) is 53.2 Å². The van der Waals surface area contributed by atoms with E-state index >= 15 is 0 Å². The van der Waals surface area contributed by atoms with Gasteiger partial charge in [-0.3, -0.25) is 4.79 Å². The van der Waals surface area contributed by atoms with Crippen LogP contribution in [-0.4, -0.2) is 26.8 Å². The number of phenolic OH excluding ortho intramolecular Hbond substituents is 1. The maximum Gasteiger partial charge on any atom is 0.342 e. The van der Waals surface area contributed by atoms with Gasteiger partial charge in [-0.25, -0.2) is 4.79 Å². The van der Waals surface area contributed by atoms with Crippen molar-refractivity contribution < 1.29 is 14.7 Å². The van der Waals surface area contributed by atoms with Crippen molar-refractivity contribution in [2.45, 2.75) is 38.1 Å². The third-order valence-electron chi connectivity index (χ3n) is 6.74. The van der Waals surface area contributed by atoms with Gasteiger partial charge in [0.15, 0.2) is 0 Å². The molecule has 0 aliphatic heterocycles. The fourth-order valence-corrected chi connectivity index (χ4v) is 5.18. The van der Waals surface area contributed by atoms with Crippen LogP contribution in [0.15, 0.2) is 72.8 Å². The molecule has 2 amide bonds. The SMILES string of the molecule is O=C(Nc1ccc(-c2cc(C3CCCC3)n(C(=O)NCc3ccccc3Cl)n2)c(O)c1)c1ccccc1Cl. The summed E-state index contributed by atoms with van der Waals surface area (Å²) in [6, 6.07) is 20.4. The summed E-state index contributed by atoms with van der Waals surface area (Å²) in [5, 5.41) is 22.0. The highest BCUT2D eigenvalue weighted by Gasteiger charge is 2.26. The summed E-state index contributed by atoms with van der Waals surface area (Å²) in [5.74, 6) is -0.245. The minimum atomic E-state index is -0.384. The third-order valence-corrected chi connectivity index (χ3v) is 7.44. The van der Waals surface area contributed by atoms with Crippen molar-refractivity contribution in [3.05, 3.63) is 99.7 Å². The smallest absolute Gasteiger partial charge is 0.342 e. The van der Waals surface area contributed by atoms with E-state index in [1.165, 1.54) is 10.7 Å². The number of nitrogens with zero attached hydrogens (tertiary/aromatic N) is 2. The Balaban J connectivity index is 1.39. The Kier molecular flexibility index (Phi) is 7.67. The molecule has 1 aromatic heterocycles. The van der Waals surface area contributed by atoms with Crippen molar-refractivity contribution in [1.82, 2.24) is 15.1 Å². The highest BCUT2D eigenvalue weighted by molar-refractivity contribution is 6.34. The van der Waals surface area contributed by atoms with Crippen molar-refractivity contribution in [1.29, 1.82) is 0 Å². The quantitative estimate of drug-likeness (QED) is 0.236. The number of carbonyl (C=O) groups is 2. The Bertz CT molecular complexity index is 1490. The number of rotatable bonds is 6. The molecule has 1 saturated carbocycles. The summed E-state index contributed by atoms with van der Waals surface area (Å²) in [7, 11) is 0. The molecule has 0 radical (unpaired) electrons. The molecule has 1 aliphatic rings. The van der Waals surface area contributed by atoms with Crippen LogP contribution in [-0.2, 0) is 6.54 Å². The molecule has 3 aromatic carbocycles. The lowest BCUT2D eigenvalue weighted by Gasteiger charge is -2.12. The number of aromatic nitrogens is 2. The van der Waals surface area contributed by atoms with Gasteiger partial charge in [-0.15, -0.1) is 0 Å². The number of phenols is 1. The molecule has 9 heteroatoms. The first-order valence-corrected chi connectivity index (χ1v) is 13.2. The highest BCUT2D eigenvalue weighted by atomic mass is 35.5. The second-order valence-corrected chi connectivity index (χ2v) is 10.1. The lowest BCUT2D eigenvalue weighted by Crippen LogP contribution is -2.30. The Morgan fingerprint density at radius 2 is 1.66 bits per heavy atom. The Labute approximate surface area is 230 Å². The molecule has 5 rings (SSSR count). The lowest BCUT2D eigenvalue weighted by atomic mass is 10.0. The first kappa shape index (κ1) is 25.8. The molecule has 1 aliphatic carbocycles. The van der Waals surface area contributed by atoms with Crippen LogP contribution in [0.5, 0.6) is 5.75 Å². The van der Waals surface area contributed by atoms with E-state index in [1.807, 2.05) is 24.3 Å². The maximum absolute atomic E-state index is 13.2. The molecular weight excluding hydrogens is 523 g/mol. The summed E-state index contributed by atoms with van der Waals surface area (Å²) in [4.78, 5) is 25.8. The van der Waals surface area contributed by atoms with Crippen LogP contribution < -0.4 is 10.6 Å². The van der Waals surface area contributed by atoms with Gasteiger partial charge < -0.3 is 15.7 Å². The van der Waals surface area contributed by atoms with Crippen LogP contribution >= 0.6 is 23.2 Å². The zero-order valence-electron chi connectivity index (χ0n) is 20.5. The molecule has 1 heterocycles. The number of nitrogens with one attached hydrogen (secondary N) is 2. The van der Waals surface area contributed by atoms with Gasteiger partial charge in [0.2, 0.25) is 0 Å². The molecule has 0 unspecified atom stereocenters. The average molecular weight is 549 g/mol. The molecule has 3 N–H and O–H groups in total. The summed E-state index contributed by atoms with van der Waals surface area (Å²) >= 11 is 12.4. The maximum atomic E-state index is 13.2. The summed E-state index contributed by atoms with van der Waals surface area (Å²) in [5.41, 5.74) is 3.29. The van der Waals surface area contributed by atoms with Gasteiger partial charge in [0, 0.05) is 34.8 Å². The molecule has 1 fully saturated rings. The monoisotopic (exact) mass is 548 g/mol. The molecular formula is C29H26Cl2N4O3. The van der Waals surface area contributed by atoms with E-state index in [4.69, 9.17) is 23.2 Å². The number of benzene rings is 3. The van der Waals surface area contributed by atoms with E-state index in [0.29, 0.717) is 32.6 Å². The normalized spacial score (nSPS) is 13.4. The molecule has 7 nitrogen and oxygen atoms in total. The van der Waals surface area contributed by atoms with E-state index in [2.05, 4.69) is 15.7 Å². The van der Waals surface area contributed by atoms with Crippen molar-refractivity contribution in [2.24, 2.45) is 0 Å². The number of aromatic hydroxyl groups is 1. The summed E-state index contributed by atoms with van der Waals surface area (Å²) < 4.78 is 1.40.